The first-order valence-corrected chi connectivity index (χ1v) is 7.28. The summed E-state index contributed by atoms with van der Waals surface area (Å²) in [4.78, 5) is 4.56. The van der Waals surface area contributed by atoms with Crippen molar-refractivity contribution in [3.63, 3.8) is 0 Å². The lowest BCUT2D eigenvalue weighted by Crippen LogP contribution is -2.02. The van der Waals surface area contributed by atoms with Crippen molar-refractivity contribution < 1.29 is 4.74 Å². The Bertz CT molecular complexity index is 307. The number of pyridine rings is 1. The van der Waals surface area contributed by atoms with Gasteiger partial charge in [0.15, 0.2) is 0 Å². The van der Waals surface area contributed by atoms with E-state index >= 15 is 0 Å². The van der Waals surface area contributed by atoms with Crippen LogP contribution in [0.15, 0.2) is 18.2 Å². The molecular weight excluding hydrogens is 232 g/mol. The molecule has 1 aromatic heterocycles. The molecule has 1 aromatic rings. The maximum Gasteiger partial charge on any atom is 0.126 e. The van der Waals surface area contributed by atoms with E-state index in [0.717, 1.165) is 49.0 Å². The normalized spacial score (nSPS) is 10.5. The van der Waals surface area contributed by atoms with Crippen LogP contribution in [0.2, 0.25) is 0 Å². The van der Waals surface area contributed by atoms with E-state index in [0.29, 0.717) is 0 Å². The number of anilines is 1. The van der Waals surface area contributed by atoms with E-state index in [1.807, 2.05) is 17.8 Å². The summed E-state index contributed by atoms with van der Waals surface area (Å²) in [6.45, 7) is 3.98. The van der Waals surface area contributed by atoms with Gasteiger partial charge in [0.25, 0.3) is 0 Å². The molecule has 1 rings (SSSR count). The molecule has 3 nitrogen and oxygen atoms in total. The molecule has 0 atom stereocenters. The van der Waals surface area contributed by atoms with Crippen LogP contribution in [0.4, 0.5) is 5.82 Å². The summed E-state index contributed by atoms with van der Waals surface area (Å²) < 4.78 is 5.02. The predicted octanol–water partition coefficient (Wildman–Crippen LogP) is 3.17. The number of aromatic nitrogens is 1. The highest BCUT2D eigenvalue weighted by Gasteiger charge is 1.97. The van der Waals surface area contributed by atoms with Gasteiger partial charge < -0.3 is 10.1 Å². The molecule has 0 unspecified atom stereocenters. The Morgan fingerprint density at radius 3 is 3.06 bits per heavy atom. The third-order valence-corrected chi connectivity index (χ3v) is 3.33. The van der Waals surface area contributed by atoms with Crippen molar-refractivity contribution in [1.29, 1.82) is 0 Å². The molecule has 1 N–H and O–H groups in total. The SMILES string of the molecule is CCCNc1cccc(CSCCCOC)n1. The van der Waals surface area contributed by atoms with E-state index < -0.39 is 0 Å². The molecule has 0 aliphatic heterocycles. The first-order valence-electron chi connectivity index (χ1n) is 6.13. The van der Waals surface area contributed by atoms with E-state index in [2.05, 4.69) is 29.4 Å². The van der Waals surface area contributed by atoms with E-state index in [1.165, 1.54) is 0 Å². The van der Waals surface area contributed by atoms with Gasteiger partial charge >= 0.3 is 0 Å². The Morgan fingerprint density at radius 2 is 2.29 bits per heavy atom. The number of nitrogens with zero attached hydrogens (tertiary/aromatic N) is 1. The molecule has 0 aliphatic rings. The van der Waals surface area contributed by atoms with Crippen LogP contribution in [0.3, 0.4) is 0 Å². The Hall–Kier alpha value is -0.740. The molecule has 96 valence electrons. The topological polar surface area (TPSA) is 34.1 Å². The van der Waals surface area contributed by atoms with Crippen molar-refractivity contribution in [2.45, 2.75) is 25.5 Å². The highest BCUT2D eigenvalue weighted by Crippen LogP contribution is 2.13. The minimum absolute atomic E-state index is 0.846. The number of ether oxygens (including phenoxy) is 1. The molecule has 0 aromatic carbocycles. The van der Waals surface area contributed by atoms with E-state index in [-0.39, 0.29) is 0 Å². The lowest BCUT2D eigenvalue weighted by atomic mass is 10.3. The molecule has 0 saturated carbocycles. The predicted molar refractivity (Wildman–Crippen MR) is 75.7 cm³/mol. The molecule has 0 fully saturated rings. The summed E-state index contributed by atoms with van der Waals surface area (Å²) in [5.41, 5.74) is 1.15. The molecule has 4 heteroatoms. The van der Waals surface area contributed by atoms with Gasteiger partial charge in [0.2, 0.25) is 0 Å². The molecule has 1 heterocycles. The van der Waals surface area contributed by atoms with Crippen LogP contribution in [-0.4, -0.2) is 31.0 Å². The van der Waals surface area contributed by atoms with Crippen molar-refractivity contribution in [2.75, 3.05) is 31.3 Å². The van der Waals surface area contributed by atoms with Crippen molar-refractivity contribution in [1.82, 2.24) is 4.98 Å². The number of hydrogen-bond donors (Lipinski definition) is 1. The zero-order valence-electron chi connectivity index (χ0n) is 10.7. The van der Waals surface area contributed by atoms with Crippen molar-refractivity contribution in [3.05, 3.63) is 23.9 Å². The monoisotopic (exact) mass is 254 g/mol. The van der Waals surface area contributed by atoms with Gasteiger partial charge in [0.1, 0.15) is 5.82 Å². The molecule has 0 bridgehead atoms. The maximum absolute atomic E-state index is 5.02. The summed E-state index contributed by atoms with van der Waals surface area (Å²) in [6.07, 6.45) is 2.23. The van der Waals surface area contributed by atoms with Gasteiger partial charge in [-0.25, -0.2) is 4.98 Å². The Labute approximate surface area is 108 Å². The van der Waals surface area contributed by atoms with Crippen LogP contribution in [0.1, 0.15) is 25.5 Å². The minimum Gasteiger partial charge on any atom is -0.385 e. The Kier molecular flexibility index (Phi) is 7.84. The third kappa shape index (κ3) is 6.54. The van der Waals surface area contributed by atoms with Crippen LogP contribution >= 0.6 is 11.8 Å². The minimum atomic E-state index is 0.846. The zero-order chi connectivity index (χ0) is 12.3. The van der Waals surface area contributed by atoms with Crippen LogP contribution in [-0.2, 0) is 10.5 Å². The standard InChI is InChI=1S/C13H22N2OS/c1-3-8-14-13-7-4-6-12(15-13)11-17-10-5-9-16-2/h4,6-7H,3,5,8-11H2,1-2H3,(H,14,15). The highest BCUT2D eigenvalue weighted by molar-refractivity contribution is 7.98. The second-order valence-electron chi connectivity index (χ2n) is 3.84. The quantitative estimate of drug-likeness (QED) is 0.686. The van der Waals surface area contributed by atoms with Crippen molar-refractivity contribution in [2.24, 2.45) is 0 Å². The summed E-state index contributed by atoms with van der Waals surface area (Å²) in [7, 11) is 1.75. The second-order valence-corrected chi connectivity index (χ2v) is 4.95. The van der Waals surface area contributed by atoms with Gasteiger partial charge in [-0.3, -0.25) is 0 Å². The number of rotatable bonds is 9. The smallest absolute Gasteiger partial charge is 0.126 e. The number of methoxy groups -OCH3 is 1. The first kappa shape index (κ1) is 14.3. The zero-order valence-corrected chi connectivity index (χ0v) is 11.6. The molecule has 0 aliphatic carbocycles. The summed E-state index contributed by atoms with van der Waals surface area (Å²) in [5, 5.41) is 3.31. The van der Waals surface area contributed by atoms with Crippen molar-refractivity contribution >= 4 is 17.6 Å². The van der Waals surface area contributed by atoms with Gasteiger partial charge in [-0.2, -0.15) is 11.8 Å². The largest absolute Gasteiger partial charge is 0.385 e. The Morgan fingerprint density at radius 1 is 1.41 bits per heavy atom. The Balaban J connectivity index is 2.27. The molecule has 17 heavy (non-hydrogen) atoms. The average molecular weight is 254 g/mol. The fourth-order valence-electron chi connectivity index (χ4n) is 1.39. The van der Waals surface area contributed by atoms with Crippen LogP contribution < -0.4 is 5.32 Å². The van der Waals surface area contributed by atoms with E-state index in [4.69, 9.17) is 4.74 Å². The number of thioether (sulfide) groups is 1. The fraction of sp³-hybridized carbons (Fsp3) is 0.615. The van der Waals surface area contributed by atoms with Gasteiger partial charge in [0.05, 0.1) is 5.69 Å². The number of nitrogens with one attached hydrogen (secondary N) is 1. The van der Waals surface area contributed by atoms with Gasteiger partial charge in [-0.15, -0.1) is 0 Å². The van der Waals surface area contributed by atoms with Gasteiger partial charge in [-0.1, -0.05) is 13.0 Å². The summed E-state index contributed by atoms with van der Waals surface area (Å²) >= 11 is 1.91. The summed E-state index contributed by atoms with van der Waals surface area (Å²) in [5.74, 6) is 3.09. The van der Waals surface area contributed by atoms with E-state index in [1.54, 1.807) is 7.11 Å². The summed E-state index contributed by atoms with van der Waals surface area (Å²) in [6, 6.07) is 6.17. The first-order chi connectivity index (χ1) is 8.36. The van der Waals surface area contributed by atoms with Crippen LogP contribution in [0, 0.1) is 0 Å². The third-order valence-electron chi connectivity index (χ3n) is 2.25. The maximum atomic E-state index is 5.02. The van der Waals surface area contributed by atoms with Gasteiger partial charge in [0, 0.05) is 26.0 Å². The molecular formula is C13H22N2OS. The molecule has 0 amide bonds. The second kappa shape index (κ2) is 9.31. The van der Waals surface area contributed by atoms with E-state index in [9.17, 15) is 0 Å². The molecule has 0 saturated heterocycles. The lowest BCUT2D eigenvalue weighted by Gasteiger charge is -2.06. The molecule has 0 radical (unpaired) electrons. The number of hydrogen-bond acceptors (Lipinski definition) is 4. The van der Waals surface area contributed by atoms with Crippen molar-refractivity contribution in [3.8, 4) is 0 Å². The van der Waals surface area contributed by atoms with Crippen LogP contribution in [0.5, 0.6) is 0 Å². The highest BCUT2D eigenvalue weighted by atomic mass is 32.2. The van der Waals surface area contributed by atoms with Gasteiger partial charge in [-0.05, 0) is 30.7 Å². The lowest BCUT2D eigenvalue weighted by molar-refractivity contribution is 0.200. The molecule has 0 spiro atoms. The fourth-order valence-corrected chi connectivity index (χ4v) is 2.23. The van der Waals surface area contributed by atoms with Crippen LogP contribution in [0.25, 0.3) is 0 Å². The average Bonchev–Trinajstić information content (AvgIpc) is 2.37.